The van der Waals surface area contributed by atoms with Crippen molar-refractivity contribution in [2.24, 2.45) is 0 Å². The second-order valence-corrected chi connectivity index (χ2v) is 4.61. The Morgan fingerprint density at radius 3 is 2.84 bits per heavy atom. The van der Waals surface area contributed by atoms with Gasteiger partial charge in [-0.3, -0.25) is 9.78 Å². The molecule has 0 radical (unpaired) electrons. The van der Waals surface area contributed by atoms with Gasteiger partial charge in [-0.2, -0.15) is 0 Å². The molecule has 5 nitrogen and oxygen atoms in total. The van der Waals surface area contributed by atoms with Crippen molar-refractivity contribution in [2.45, 2.75) is 6.92 Å². The summed E-state index contributed by atoms with van der Waals surface area (Å²) in [5, 5.41) is 5.79. The predicted molar refractivity (Wildman–Crippen MR) is 78.3 cm³/mol. The van der Waals surface area contributed by atoms with Crippen molar-refractivity contribution < 1.29 is 4.79 Å². The Labute approximate surface area is 119 Å². The Bertz CT molecular complexity index is 588. The number of carbonyl (C=O) groups excluding carboxylic acids is 1. The molecule has 0 aliphatic rings. The van der Waals surface area contributed by atoms with Gasteiger partial charge in [0.05, 0.1) is 18.1 Å². The van der Waals surface area contributed by atoms with Crippen LogP contribution in [0.5, 0.6) is 0 Å². The summed E-state index contributed by atoms with van der Waals surface area (Å²) >= 11 is 3.37. The zero-order valence-corrected chi connectivity index (χ0v) is 11.9. The number of anilines is 2. The summed E-state index contributed by atoms with van der Waals surface area (Å²) in [7, 11) is 0. The van der Waals surface area contributed by atoms with Gasteiger partial charge in [0.15, 0.2) is 0 Å². The highest BCUT2D eigenvalue weighted by atomic mass is 79.9. The van der Waals surface area contributed by atoms with Crippen LogP contribution in [0.25, 0.3) is 0 Å². The smallest absolute Gasteiger partial charge is 0.275 e. The molecule has 2 N–H and O–H groups in total. The molecule has 19 heavy (non-hydrogen) atoms. The number of halogens is 1. The molecule has 0 unspecified atom stereocenters. The second kappa shape index (κ2) is 6.29. The normalized spacial score (nSPS) is 10.0. The molecule has 1 heterocycles. The van der Waals surface area contributed by atoms with E-state index in [1.54, 1.807) is 6.20 Å². The molecule has 0 fully saturated rings. The van der Waals surface area contributed by atoms with E-state index in [1.807, 2.05) is 31.2 Å². The molecular weight excluding hydrogens is 308 g/mol. The molecule has 0 atom stereocenters. The van der Waals surface area contributed by atoms with Crippen LogP contribution < -0.4 is 10.6 Å². The number of amides is 1. The highest BCUT2D eigenvalue weighted by molar-refractivity contribution is 9.10. The Morgan fingerprint density at radius 2 is 2.11 bits per heavy atom. The first-order chi connectivity index (χ1) is 9.20. The number of para-hydroxylation sites is 1. The van der Waals surface area contributed by atoms with E-state index in [9.17, 15) is 4.79 Å². The fourth-order valence-electron chi connectivity index (χ4n) is 1.49. The number of carbonyl (C=O) groups is 1. The zero-order valence-electron chi connectivity index (χ0n) is 10.4. The average Bonchev–Trinajstić information content (AvgIpc) is 2.42. The quantitative estimate of drug-likeness (QED) is 0.909. The Kier molecular flexibility index (Phi) is 4.46. The minimum atomic E-state index is -0.292. The number of hydrogen-bond acceptors (Lipinski definition) is 4. The van der Waals surface area contributed by atoms with Gasteiger partial charge in [0, 0.05) is 11.0 Å². The molecule has 98 valence electrons. The van der Waals surface area contributed by atoms with Crippen LogP contribution in [-0.4, -0.2) is 22.4 Å². The first-order valence-electron chi connectivity index (χ1n) is 5.82. The Morgan fingerprint density at radius 1 is 1.32 bits per heavy atom. The van der Waals surface area contributed by atoms with E-state index in [2.05, 4.69) is 36.5 Å². The molecule has 0 spiro atoms. The van der Waals surface area contributed by atoms with Gasteiger partial charge in [-0.25, -0.2) is 4.98 Å². The van der Waals surface area contributed by atoms with Gasteiger partial charge in [-0.05, 0) is 35.0 Å². The largest absolute Gasteiger partial charge is 0.369 e. The van der Waals surface area contributed by atoms with Gasteiger partial charge >= 0.3 is 0 Å². The number of hydrogen-bond donors (Lipinski definition) is 2. The maximum absolute atomic E-state index is 12.1. The number of nitrogens with zero attached hydrogens (tertiary/aromatic N) is 2. The molecule has 1 amide bonds. The van der Waals surface area contributed by atoms with Crippen LogP contribution >= 0.6 is 15.9 Å². The van der Waals surface area contributed by atoms with E-state index in [0.717, 1.165) is 11.0 Å². The molecule has 1 aromatic carbocycles. The van der Waals surface area contributed by atoms with Crippen molar-refractivity contribution >= 4 is 33.3 Å². The van der Waals surface area contributed by atoms with Crippen LogP contribution in [-0.2, 0) is 0 Å². The van der Waals surface area contributed by atoms with Gasteiger partial charge in [-0.1, -0.05) is 12.1 Å². The Hall–Kier alpha value is -1.95. The summed E-state index contributed by atoms with van der Waals surface area (Å²) in [5.74, 6) is 0.293. The third kappa shape index (κ3) is 3.51. The maximum Gasteiger partial charge on any atom is 0.275 e. The third-order valence-electron chi connectivity index (χ3n) is 2.35. The van der Waals surface area contributed by atoms with E-state index >= 15 is 0 Å². The molecule has 1 aromatic heterocycles. The average molecular weight is 321 g/mol. The summed E-state index contributed by atoms with van der Waals surface area (Å²) in [6, 6.07) is 7.40. The number of rotatable bonds is 4. The van der Waals surface area contributed by atoms with Crippen molar-refractivity contribution in [3.63, 3.8) is 0 Å². The van der Waals surface area contributed by atoms with Gasteiger partial charge in [0.1, 0.15) is 11.5 Å². The highest BCUT2D eigenvalue weighted by Gasteiger charge is 2.10. The highest BCUT2D eigenvalue weighted by Crippen LogP contribution is 2.21. The van der Waals surface area contributed by atoms with E-state index in [4.69, 9.17) is 0 Å². The summed E-state index contributed by atoms with van der Waals surface area (Å²) in [6.07, 6.45) is 3.02. The lowest BCUT2D eigenvalue weighted by Gasteiger charge is -2.07. The summed E-state index contributed by atoms with van der Waals surface area (Å²) in [5.41, 5.74) is 0.970. The lowest BCUT2D eigenvalue weighted by atomic mass is 10.3. The number of nitrogens with one attached hydrogen (secondary N) is 2. The SMILES string of the molecule is CCNc1cncc(C(=O)Nc2ccccc2Br)n1. The van der Waals surface area contributed by atoms with Crippen molar-refractivity contribution in [3.8, 4) is 0 Å². The van der Waals surface area contributed by atoms with Crippen LogP contribution in [0.4, 0.5) is 11.5 Å². The first kappa shape index (κ1) is 13.5. The van der Waals surface area contributed by atoms with Crippen LogP contribution in [0.2, 0.25) is 0 Å². The number of benzene rings is 1. The molecule has 0 saturated carbocycles. The van der Waals surface area contributed by atoms with E-state index in [1.165, 1.54) is 6.20 Å². The van der Waals surface area contributed by atoms with E-state index in [0.29, 0.717) is 11.5 Å². The minimum Gasteiger partial charge on any atom is -0.369 e. The third-order valence-corrected chi connectivity index (χ3v) is 3.04. The van der Waals surface area contributed by atoms with Gasteiger partial charge in [0.2, 0.25) is 0 Å². The molecular formula is C13H13BrN4O. The lowest BCUT2D eigenvalue weighted by Crippen LogP contribution is -2.15. The molecule has 0 aliphatic heterocycles. The van der Waals surface area contributed by atoms with Crippen molar-refractivity contribution in [2.75, 3.05) is 17.2 Å². The second-order valence-electron chi connectivity index (χ2n) is 3.75. The summed E-state index contributed by atoms with van der Waals surface area (Å²) < 4.78 is 0.819. The molecule has 0 saturated heterocycles. The summed E-state index contributed by atoms with van der Waals surface area (Å²) in [4.78, 5) is 20.2. The van der Waals surface area contributed by atoms with Gasteiger partial charge in [-0.15, -0.1) is 0 Å². The fourth-order valence-corrected chi connectivity index (χ4v) is 1.87. The minimum absolute atomic E-state index is 0.272. The topological polar surface area (TPSA) is 66.9 Å². The predicted octanol–water partition coefficient (Wildman–Crippen LogP) is 2.92. The van der Waals surface area contributed by atoms with Crippen LogP contribution in [0.1, 0.15) is 17.4 Å². The molecule has 0 bridgehead atoms. The van der Waals surface area contributed by atoms with Crippen LogP contribution in [0, 0.1) is 0 Å². The summed E-state index contributed by atoms with van der Waals surface area (Å²) in [6.45, 7) is 2.68. The van der Waals surface area contributed by atoms with Crippen LogP contribution in [0.15, 0.2) is 41.1 Å². The molecule has 2 aromatic rings. The Balaban J connectivity index is 2.16. The van der Waals surface area contributed by atoms with Gasteiger partial charge in [0.25, 0.3) is 5.91 Å². The van der Waals surface area contributed by atoms with E-state index < -0.39 is 0 Å². The number of aromatic nitrogens is 2. The van der Waals surface area contributed by atoms with Crippen LogP contribution in [0.3, 0.4) is 0 Å². The lowest BCUT2D eigenvalue weighted by molar-refractivity contribution is 0.102. The first-order valence-corrected chi connectivity index (χ1v) is 6.62. The van der Waals surface area contributed by atoms with Gasteiger partial charge < -0.3 is 10.6 Å². The zero-order chi connectivity index (χ0) is 13.7. The van der Waals surface area contributed by atoms with Crippen molar-refractivity contribution in [1.82, 2.24) is 9.97 Å². The standard InChI is InChI=1S/C13H13BrN4O/c1-2-16-12-8-15-7-11(17-12)13(19)18-10-6-4-3-5-9(10)14/h3-8H,2H2,1H3,(H,16,17)(H,18,19). The fraction of sp³-hybridized carbons (Fsp3) is 0.154. The van der Waals surface area contributed by atoms with E-state index in [-0.39, 0.29) is 11.6 Å². The molecule has 2 rings (SSSR count). The monoisotopic (exact) mass is 320 g/mol. The van der Waals surface area contributed by atoms with Crippen molar-refractivity contribution in [3.05, 3.63) is 46.8 Å². The molecule has 6 heteroatoms. The molecule has 0 aliphatic carbocycles. The maximum atomic E-state index is 12.1. The van der Waals surface area contributed by atoms with Crippen molar-refractivity contribution in [1.29, 1.82) is 0 Å².